The number of hydrogen-bond donors (Lipinski definition) is 1. The zero-order chi connectivity index (χ0) is 18.0. The van der Waals surface area contributed by atoms with Gasteiger partial charge in [0.25, 0.3) is 5.95 Å². The number of aromatic nitrogens is 4. The SMILES string of the molecule is CC1CN(C(=O)Nc2nnnn2C)CCC1=Cc1cc(Cl)ccc1F. The first-order valence-electron chi connectivity index (χ1n) is 7.88. The standard InChI is InChI=1S/C16H18ClFN6O/c1-10-9-24(16(25)19-15-20-21-22-23(15)2)6-5-11(10)7-12-8-13(17)3-4-14(12)18/h3-4,7-8,10H,5-6,9H2,1-2H3,(H,19,20,22,25). The Morgan fingerprint density at radius 3 is 2.96 bits per heavy atom. The second kappa shape index (κ2) is 7.18. The Bertz CT molecular complexity index is 821. The van der Waals surface area contributed by atoms with Crippen molar-refractivity contribution in [1.29, 1.82) is 0 Å². The van der Waals surface area contributed by atoms with Crippen LogP contribution in [-0.4, -0.2) is 44.2 Å². The summed E-state index contributed by atoms with van der Waals surface area (Å²) in [6, 6.07) is 4.24. The maximum atomic E-state index is 13.9. The van der Waals surface area contributed by atoms with Crippen molar-refractivity contribution in [3.05, 3.63) is 40.2 Å². The van der Waals surface area contributed by atoms with E-state index in [4.69, 9.17) is 11.6 Å². The Morgan fingerprint density at radius 2 is 2.28 bits per heavy atom. The molecule has 1 fully saturated rings. The number of nitrogens with zero attached hydrogens (tertiary/aromatic N) is 5. The number of tetrazole rings is 1. The molecule has 0 bridgehead atoms. The highest BCUT2D eigenvalue weighted by Crippen LogP contribution is 2.27. The molecule has 1 aliphatic heterocycles. The summed E-state index contributed by atoms with van der Waals surface area (Å²) < 4.78 is 15.3. The van der Waals surface area contributed by atoms with Gasteiger partial charge in [0.1, 0.15) is 5.82 Å². The van der Waals surface area contributed by atoms with Crippen LogP contribution in [0.2, 0.25) is 5.02 Å². The summed E-state index contributed by atoms with van der Waals surface area (Å²) in [5.41, 5.74) is 1.56. The zero-order valence-corrected chi connectivity index (χ0v) is 14.7. The number of likely N-dealkylation sites (tertiary alicyclic amines) is 1. The minimum atomic E-state index is -0.306. The fourth-order valence-corrected chi connectivity index (χ4v) is 2.96. The second-order valence-electron chi connectivity index (χ2n) is 6.04. The third kappa shape index (κ3) is 3.96. The van der Waals surface area contributed by atoms with Crippen LogP contribution in [0.3, 0.4) is 0 Å². The lowest BCUT2D eigenvalue weighted by Gasteiger charge is -2.33. The van der Waals surface area contributed by atoms with Gasteiger partial charge in [-0.1, -0.05) is 35.3 Å². The number of amides is 2. The predicted molar refractivity (Wildman–Crippen MR) is 92.6 cm³/mol. The molecular formula is C16H18ClFN6O. The first-order valence-corrected chi connectivity index (χ1v) is 8.25. The molecule has 0 spiro atoms. The number of anilines is 1. The van der Waals surface area contributed by atoms with Crippen molar-refractivity contribution in [2.75, 3.05) is 18.4 Å². The molecule has 2 heterocycles. The van der Waals surface area contributed by atoms with Crippen LogP contribution in [-0.2, 0) is 7.05 Å². The number of carbonyl (C=O) groups excluding carboxylic acids is 1. The van der Waals surface area contributed by atoms with E-state index in [1.165, 1.54) is 16.8 Å². The summed E-state index contributed by atoms with van der Waals surface area (Å²) in [7, 11) is 1.65. The van der Waals surface area contributed by atoms with Crippen LogP contribution >= 0.6 is 11.6 Å². The third-order valence-corrected chi connectivity index (χ3v) is 4.46. The molecule has 1 aromatic carbocycles. The van der Waals surface area contributed by atoms with Crippen LogP contribution in [0, 0.1) is 11.7 Å². The summed E-state index contributed by atoms with van der Waals surface area (Å²) in [5.74, 6) is 0.0922. The van der Waals surface area contributed by atoms with Gasteiger partial charge in [0.15, 0.2) is 0 Å². The largest absolute Gasteiger partial charge is 0.324 e. The number of nitrogens with one attached hydrogen (secondary N) is 1. The van der Waals surface area contributed by atoms with Crippen molar-refractivity contribution in [2.45, 2.75) is 13.3 Å². The van der Waals surface area contributed by atoms with Gasteiger partial charge >= 0.3 is 6.03 Å². The maximum absolute atomic E-state index is 13.9. The normalized spacial score (nSPS) is 19.3. The lowest BCUT2D eigenvalue weighted by molar-refractivity contribution is 0.197. The number of hydrogen-bond acceptors (Lipinski definition) is 4. The molecule has 3 rings (SSSR count). The van der Waals surface area contributed by atoms with Crippen molar-refractivity contribution >= 4 is 29.7 Å². The quantitative estimate of drug-likeness (QED) is 0.888. The van der Waals surface area contributed by atoms with E-state index in [2.05, 4.69) is 20.8 Å². The van der Waals surface area contributed by atoms with Gasteiger partial charge in [-0.3, -0.25) is 5.32 Å². The molecule has 132 valence electrons. The molecule has 0 radical (unpaired) electrons. The maximum Gasteiger partial charge on any atom is 0.324 e. The molecule has 1 unspecified atom stereocenters. The van der Waals surface area contributed by atoms with Crippen molar-refractivity contribution in [1.82, 2.24) is 25.1 Å². The van der Waals surface area contributed by atoms with E-state index in [-0.39, 0.29) is 17.8 Å². The lowest BCUT2D eigenvalue weighted by atomic mass is 9.91. The second-order valence-corrected chi connectivity index (χ2v) is 6.47. The molecule has 0 saturated carbocycles. The number of urea groups is 1. The highest BCUT2D eigenvalue weighted by atomic mass is 35.5. The Kier molecular flexibility index (Phi) is 4.98. The molecule has 2 aromatic rings. The number of halogens is 2. The van der Waals surface area contributed by atoms with Crippen molar-refractivity contribution in [3.8, 4) is 0 Å². The minimum Gasteiger partial charge on any atom is -0.324 e. The number of benzene rings is 1. The summed E-state index contributed by atoms with van der Waals surface area (Å²) in [5, 5.41) is 14.1. The smallest absolute Gasteiger partial charge is 0.324 e. The monoisotopic (exact) mass is 364 g/mol. The molecule has 1 aromatic heterocycles. The predicted octanol–water partition coefficient (Wildman–Crippen LogP) is 2.96. The van der Waals surface area contributed by atoms with Crippen LogP contribution in [0.4, 0.5) is 15.1 Å². The van der Waals surface area contributed by atoms with Gasteiger partial charge in [0.2, 0.25) is 0 Å². The van der Waals surface area contributed by atoms with E-state index in [1.807, 2.05) is 13.0 Å². The summed E-state index contributed by atoms with van der Waals surface area (Å²) >= 11 is 5.94. The Hall–Kier alpha value is -2.48. The molecule has 1 N–H and O–H groups in total. The van der Waals surface area contributed by atoms with E-state index < -0.39 is 0 Å². The average Bonchev–Trinajstić information content (AvgIpc) is 2.97. The fraction of sp³-hybridized carbons (Fsp3) is 0.375. The van der Waals surface area contributed by atoms with Crippen LogP contribution in [0.1, 0.15) is 18.9 Å². The van der Waals surface area contributed by atoms with Crippen molar-refractivity contribution in [2.24, 2.45) is 13.0 Å². The van der Waals surface area contributed by atoms with Crippen LogP contribution in [0.5, 0.6) is 0 Å². The van der Waals surface area contributed by atoms with Gasteiger partial charge in [-0.25, -0.2) is 13.9 Å². The summed E-state index contributed by atoms with van der Waals surface area (Å²) in [6.45, 7) is 3.08. The summed E-state index contributed by atoms with van der Waals surface area (Å²) in [6.07, 6.45) is 2.49. The Morgan fingerprint density at radius 1 is 1.48 bits per heavy atom. The van der Waals surface area contributed by atoms with Gasteiger partial charge < -0.3 is 4.90 Å². The highest BCUT2D eigenvalue weighted by molar-refractivity contribution is 6.30. The first-order chi connectivity index (χ1) is 11.9. The topological polar surface area (TPSA) is 75.9 Å². The summed E-state index contributed by atoms with van der Waals surface area (Å²) in [4.78, 5) is 14.0. The number of carbonyl (C=O) groups is 1. The number of piperidine rings is 1. The molecule has 25 heavy (non-hydrogen) atoms. The Labute approximate surface area is 149 Å². The zero-order valence-electron chi connectivity index (χ0n) is 13.9. The van der Waals surface area contributed by atoms with E-state index in [1.54, 1.807) is 18.0 Å². The highest BCUT2D eigenvalue weighted by Gasteiger charge is 2.25. The van der Waals surface area contributed by atoms with E-state index >= 15 is 0 Å². The van der Waals surface area contributed by atoms with Crippen molar-refractivity contribution < 1.29 is 9.18 Å². The first kappa shape index (κ1) is 17.3. The molecule has 7 nitrogen and oxygen atoms in total. The van der Waals surface area contributed by atoms with E-state index in [0.717, 1.165) is 5.57 Å². The van der Waals surface area contributed by atoms with Gasteiger partial charge in [-0.05, 0) is 41.0 Å². The molecule has 1 saturated heterocycles. The van der Waals surface area contributed by atoms with E-state index in [0.29, 0.717) is 36.0 Å². The molecule has 1 aliphatic rings. The minimum absolute atomic E-state index is 0.107. The van der Waals surface area contributed by atoms with E-state index in [9.17, 15) is 9.18 Å². The van der Waals surface area contributed by atoms with Gasteiger partial charge in [0, 0.05) is 30.7 Å². The fourth-order valence-electron chi connectivity index (χ4n) is 2.78. The molecule has 9 heteroatoms. The third-order valence-electron chi connectivity index (χ3n) is 4.22. The number of rotatable bonds is 2. The molecule has 2 amide bonds. The molecule has 1 atom stereocenters. The number of aryl methyl sites for hydroxylation is 1. The molecule has 0 aliphatic carbocycles. The molecular weight excluding hydrogens is 347 g/mol. The van der Waals surface area contributed by atoms with Gasteiger partial charge in [-0.15, -0.1) is 0 Å². The van der Waals surface area contributed by atoms with Crippen LogP contribution < -0.4 is 5.32 Å². The lowest BCUT2D eigenvalue weighted by Crippen LogP contribution is -2.42. The van der Waals surface area contributed by atoms with Crippen LogP contribution in [0.25, 0.3) is 6.08 Å². The van der Waals surface area contributed by atoms with Gasteiger partial charge in [-0.2, -0.15) is 0 Å². The Balaban J connectivity index is 1.68. The van der Waals surface area contributed by atoms with Gasteiger partial charge in [0.05, 0.1) is 0 Å². The van der Waals surface area contributed by atoms with Crippen molar-refractivity contribution in [3.63, 3.8) is 0 Å². The van der Waals surface area contributed by atoms with Crippen LogP contribution in [0.15, 0.2) is 23.8 Å². The average molecular weight is 365 g/mol.